The van der Waals surface area contributed by atoms with Gasteiger partial charge in [-0.3, -0.25) is 4.79 Å². The van der Waals surface area contributed by atoms with Crippen molar-refractivity contribution < 1.29 is 22.7 Å². The Morgan fingerprint density at radius 3 is 2.68 bits per heavy atom. The number of ether oxygens (including phenoxy) is 1. The van der Waals surface area contributed by atoms with Gasteiger partial charge in [0.05, 0.1) is 12.2 Å². The lowest BCUT2D eigenvalue weighted by Crippen LogP contribution is -2.19. The zero-order chi connectivity index (χ0) is 14.5. The second-order valence-electron chi connectivity index (χ2n) is 3.90. The zero-order valence-electron chi connectivity index (χ0n) is 10.4. The van der Waals surface area contributed by atoms with Crippen molar-refractivity contribution in [3.05, 3.63) is 23.8 Å². The van der Waals surface area contributed by atoms with Gasteiger partial charge in [-0.25, -0.2) is 0 Å². The van der Waals surface area contributed by atoms with Crippen LogP contribution in [0, 0.1) is 0 Å². The number of carbonyl (C=O) groups excluding carboxylic acids is 1. The van der Waals surface area contributed by atoms with Gasteiger partial charge in [0, 0.05) is 25.2 Å². The van der Waals surface area contributed by atoms with Gasteiger partial charge in [-0.1, -0.05) is 0 Å². The molecule has 0 atom stereocenters. The van der Waals surface area contributed by atoms with E-state index < -0.39 is 12.6 Å². The van der Waals surface area contributed by atoms with Gasteiger partial charge in [-0.15, -0.1) is 0 Å². The molecule has 0 fully saturated rings. The van der Waals surface area contributed by atoms with E-state index in [-0.39, 0.29) is 30.2 Å². The number of hydrogen-bond donors (Lipinski definition) is 2. The first-order valence-electron chi connectivity index (χ1n) is 5.64. The van der Waals surface area contributed by atoms with Crippen LogP contribution in [-0.4, -0.2) is 25.7 Å². The molecule has 0 aliphatic carbocycles. The van der Waals surface area contributed by atoms with Gasteiger partial charge in [0.2, 0.25) is 0 Å². The lowest BCUT2D eigenvalue weighted by atomic mass is 10.1. The summed E-state index contributed by atoms with van der Waals surface area (Å²) in [5.41, 5.74) is 6.16. The van der Waals surface area contributed by atoms with Gasteiger partial charge >= 0.3 is 6.18 Å². The van der Waals surface area contributed by atoms with Crippen LogP contribution >= 0.6 is 0 Å². The van der Waals surface area contributed by atoms with Gasteiger partial charge in [0.1, 0.15) is 5.75 Å². The Kier molecular flexibility index (Phi) is 5.02. The molecule has 1 rings (SSSR count). The number of nitrogen functional groups attached to an aromatic ring is 1. The molecule has 0 aliphatic rings. The molecule has 1 aromatic carbocycles. The molecular weight excluding hydrogens is 261 g/mol. The number of hydrogen-bond acceptors (Lipinski definition) is 3. The van der Waals surface area contributed by atoms with E-state index >= 15 is 0 Å². The Labute approximate surface area is 108 Å². The largest absolute Gasteiger partial charge is 0.493 e. The Hall–Kier alpha value is -1.92. The SMILES string of the molecule is CNC(=O)c1ccc(N)cc1OCCCC(F)(F)F. The molecule has 0 aliphatic heterocycles. The van der Waals surface area contributed by atoms with Crippen LogP contribution < -0.4 is 15.8 Å². The molecule has 19 heavy (non-hydrogen) atoms. The molecule has 0 bridgehead atoms. The lowest BCUT2D eigenvalue weighted by Gasteiger charge is -2.12. The molecule has 0 saturated heterocycles. The molecule has 3 N–H and O–H groups in total. The van der Waals surface area contributed by atoms with Crippen LogP contribution in [0.5, 0.6) is 5.75 Å². The first kappa shape index (κ1) is 15.1. The molecule has 0 radical (unpaired) electrons. The molecule has 7 heteroatoms. The van der Waals surface area contributed by atoms with E-state index in [4.69, 9.17) is 10.5 Å². The summed E-state index contributed by atoms with van der Waals surface area (Å²) in [6.07, 6.45) is -5.31. The number of anilines is 1. The standard InChI is InChI=1S/C12H15F3N2O2/c1-17-11(18)9-4-3-8(16)7-10(9)19-6-2-5-12(13,14)15/h3-4,7H,2,5-6,16H2,1H3,(H,17,18). The van der Waals surface area contributed by atoms with E-state index in [0.29, 0.717) is 5.69 Å². The fourth-order valence-electron chi connectivity index (χ4n) is 1.44. The summed E-state index contributed by atoms with van der Waals surface area (Å²) in [6, 6.07) is 4.40. The van der Waals surface area contributed by atoms with Crippen LogP contribution in [0.1, 0.15) is 23.2 Å². The Balaban J connectivity index is 2.66. The number of benzene rings is 1. The predicted octanol–water partition coefficient (Wildman–Crippen LogP) is 2.35. The van der Waals surface area contributed by atoms with E-state index in [1.54, 1.807) is 0 Å². The summed E-state index contributed by atoms with van der Waals surface area (Å²) in [7, 11) is 1.45. The van der Waals surface area contributed by atoms with E-state index in [0.717, 1.165) is 0 Å². The second kappa shape index (κ2) is 6.31. The smallest absolute Gasteiger partial charge is 0.389 e. The fraction of sp³-hybridized carbons (Fsp3) is 0.417. The third kappa shape index (κ3) is 5.07. The molecular formula is C12H15F3N2O2. The van der Waals surface area contributed by atoms with Crippen molar-refractivity contribution in [2.24, 2.45) is 0 Å². The number of halogens is 3. The van der Waals surface area contributed by atoms with Crippen molar-refractivity contribution in [2.75, 3.05) is 19.4 Å². The van der Waals surface area contributed by atoms with E-state index in [2.05, 4.69) is 5.32 Å². The molecule has 1 aromatic rings. The first-order chi connectivity index (χ1) is 8.83. The normalized spacial score (nSPS) is 11.2. The highest BCUT2D eigenvalue weighted by atomic mass is 19.4. The third-order valence-electron chi connectivity index (χ3n) is 2.34. The van der Waals surface area contributed by atoms with Crippen LogP contribution in [0.15, 0.2) is 18.2 Å². The Bertz CT molecular complexity index is 447. The highest BCUT2D eigenvalue weighted by Crippen LogP contribution is 2.24. The maximum atomic E-state index is 12.0. The van der Waals surface area contributed by atoms with Gasteiger partial charge < -0.3 is 15.8 Å². The van der Waals surface area contributed by atoms with E-state index in [1.165, 1.54) is 25.2 Å². The van der Waals surface area contributed by atoms with Crippen molar-refractivity contribution in [1.82, 2.24) is 5.32 Å². The minimum atomic E-state index is -4.21. The maximum Gasteiger partial charge on any atom is 0.389 e. The van der Waals surface area contributed by atoms with Crippen LogP contribution in [0.3, 0.4) is 0 Å². The average Bonchev–Trinajstić information content (AvgIpc) is 2.33. The molecule has 1 amide bonds. The number of nitrogens with two attached hydrogens (primary N) is 1. The fourth-order valence-corrected chi connectivity index (χ4v) is 1.44. The van der Waals surface area contributed by atoms with Crippen LogP contribution in [0.2, 0.25) is 0 Å². The van der Waals surface area contributed by atoms with E-state index in [9.17, 15) is 18.0 Å². The topological polar surface area (TPSA) is 64.4 Å². The molecule has 0 heterocycles. The number of nitrogens with one attached hydrogen (secondary N) is 1. The zero-order valence-corrected chi connectivity index (χ0v) is 10.4. The average molecular weight is 276 g/mol. The molecule has 0 unspecified atom stereocenters. The van der Waals surface area contributed by atoms with E-state index in [1.807, 2.05) is 0 Å². The van der Waals surface area contributed by atoms with Crippen LogP contribution in [-0.2, 0) is 0 Å². The minimum Gasteiger partial charge on any atom is -0.493 e. The van der Waals surface area contributed by atoms with Crippen LogP contribution in [0.25, 0.3) is 0 Å². The summed E-state index contributed by atoms with van der Waals surface area (Å²) in [4.78, 5) is 11.5. The quantitative estimate of drug-likeness (QED) is 0.641. The first-order valence-corrected chi connectivity index (χ1v) is 5.64. The molecule has 0 saturated carbocycles. The summed E-state index contributed by atoms with van der Waals surface area (Å²) in [5, 5.41) is 2.42. The van der Waals surface area contributed by atoms with Crippen molar-refractivity contribution in [3.8, 4) is 5.75 Å². The minimum absolute atomic E-state index is 0.132. The molecule has 0 spiro atoms. The predicted molar refractivity (Wildman–Crippen MR) is 65.0 cm³/mol. The third-order valence-corrected chi connectivity index (χ3v) is 2.34. The highest BCUT2D eigenvalue weighted by molar-refractivity contribution is 5.97. The highest BCUT2D eigenvalue weighted by Gasteiger charge is 2.26. The van der Waals surface area contributed by atoms with Crippen LogP contribution in [0.4, 0.5) is 18.9 Å². The van der Waals surface area contributed by atoms with Gasteiger partial charge in [0.25, 0.3) is 5.91 Å². The lowest BCUT2D eigenvalue weighted by molar-refractivity contribution is -0.136. The molecule has 4 nitrogen and oxygen atoms in total. The summed E-state index contributed by atoms with van der Waals surface area (Å²) < 4.78 is 41.1. The maximum absolute atomic E-state index is 12.0. The van der Waals surface area contributed by atoms with Gasteiger partial charge in [-0.2, -0.15) is 13.2 Å². The Morgan fingerprint density at radius 1 is 1.42 bits per heavy atom. The summed E-state index contributed by atoms with van der Waals surface area (Å²) >= 11 is 0. The van der Waals surface area contributed by atoms with Gasteiger partial charge in [-0.05, 0) is 18.6 Å². The summed E-state index contributed by atoms with van der Waals surface area (Å²) in [6.45, 7) is -0.132. The van der Waals surface area contributed by atoms with Crippen molar-refractivity contribution in [3.63, 3.8) is 0 Å². The second-order valence-corrected chi connectivity index (χ2v) is 3.90. The number of alkyl halides is 3. The van der Waals surface area contributed by atoms with Crippen molar-refractivity contribution in [1.29, 1.82) is 0 Å². The Morgan fingerprint density at radius 2 is 2.11 bits per heavy atom. The van der Waals surface area contributed by atoms with Crippen molar-refractivity contribution in [2.45, 2.75) is 19.0 Å². The molecule has 0 aromatic heterocycles. The number of carbonyl (C=O) groups is 1. The molecule has 106 valence electrons. The summed E-state index contributed by atoms with van der Waals surface area (Å²) in [5.74, 6) is -0.202. The number of rotatable bonds is 5. The van der Waals surface area contributed by atoms with Gasteiger partial charge in [0.15, 0.2) is 0 Å². The monoisotopic (exact) mass is 276 g/mol. The van der Waals surface area contributed by atoms with Crippen molar-refractivity contribution >= 4 is 11.6 Å². The number of amides is 1.